The lowest BCUT2D eigenvalue weighted by atomic mass is 10.1. The minimum Gasteiger partial charge on any atom is -0.312 e. The molecule has 0 N–H and O–H groups in total. The zero-order valence-electron chi connectivity index (χ0n) is 19.0. The zero-order chi connectivity index (χ0) is 23.3. The number of hydrogen-bond donors (Lipinski definition) is 0. The number of aromatic nitrogens is 4. The quantitative estimate of drug-likeness (QED) is 0.481. The molecule has 2 aromatic heterocycles. The molecule has 0 amide bonds. The van der Waals surface area contributed by atoms with Gasteiger partial charge >= 0.3 is 5.69 Å². The van der Waals surface area contributed by atoms with Crippen molar-refractivity contribution in [3.8, 4) is 0 Å². The van der Waals surface area contributed by atoms with Gasteiger partial charge in [0.15, 0.2) is 11.2 Å². The van der Waals surface area contributed by atoms with E-state index in [1.165, 1.54) is 26.8 Å². The fourth-order valence-corrected chi connectivity index (χ4v) is 4.55. The van der Waals surface area contributed by atoms with E-state index >= 15 is 0 Å². The van der Waals surface area contributed by atoms with Crippen molar-refractivity contribution in [2.24, 2.45) is 13.0 Å². The van der Waals surface area contributed by atoms with E-state index in [0.717, 1.165) is 18.7 Å². The maximum absolute atomic E-state index is 13.5. The third-order valence-electron chi connectivity index (χ3n) is 6.35. The van der Waals surface area contributed by atoms with Crippen molar-refractivity contribution in [2.45, 2.75) is 33.4 Å². The zero-order valence-corrected chi connectivity index (χ0v) is 19.0. The first-order valence-electron chi connectivity index (χ1n) is 11.2. The lowest BCUT2D eigenvalue weighted by molar-refractivity contribution is 0.458. The highest BCUT2D eigenvalue weighted by Crippen LogP contribution is 2.33. The molecular formula is C25H26FN5O2. The summed E-state index contributed by atoms with van der Waals surface area (Å²) in [5, 5.41) is 0. The van der Waals surface area contributed by atoms with Crippen LogP contribution < -0.4 is 16.1 Å². The second-order valence-electron chi connectivity index (χ2n) is 8.79. The third kappa shape index (κ3) is 3.55. The van der Waals surface area contributed by atoms with Crippen LogP contribution in [0.25, 0.3) is 11.2 Å². The molecule has 7 nitrogen and oxygen atoms in total. The number of anilines is 2. The summed E-state index contributed by atoms with van der Waals surface area (Å²) in [6.45, 7) is 5.74. The lowest BCUT2D eigenvalue weighted by Gasteiger charge is -2.33. The number of halogens is 1. The standard InChI is InChI=1S/C25H26FN5O2/c1-4-17-7-11-20(12-8-17)29-13-16(2)14-30-21-22(27-24(29)30)28(3)25(33)31(23(21)32)15-18-5-9-19(26)10-6-18/h5-12,16H,4,13-15H2,1-3H3/t16-/m0/s1. The van der Waals surface area contributed by atoms with Gasteiger partial charge in [0.1, 0.15) is 5.82 Å². The Hall–Kier alpha value is -3.68. The van der Waals surface area contributed by atoms with Crippen molar-refractivity contribution in [1.82, 2.24) is 18.7 Å². The molecule has 1 aliphatic rings. The fraction of sp³-hybridized carbons (Fsp3) is 0.320. The second-order valence-corrected chi connectivity index (χ2v) is 8.79. The molecule has 0 aliphatic carbocycles. The van der Waals surface area contributed by atoms with Gasteiger partial charge in [-0.1, -0.05) is 38.1 Å². The molecule has 0 fully saturated rings. The molecule has 0 saturated carbocycles. The van der Waals surface area contributed by atoms with Gasteiger partial charge in [0.2, 0.25) is 5.95 Å². The summed E-state index contributed by atoms with van der Waals surface area (Å²) >= 11 is 0. The number of nitrogens with zero attached hydrogens (tertiary/aromatic N) is 5. The van der Waals surface area contributed by atoms with Gasteiger partial charge < -0.3 is 9.47 Å². The molecule has 1 atom stereocenters. The monoisotopic (exact) mass is 447 g/mol. The highest BCUT2D eigenvalue weighted by Gasteiger charge is 2.29. The maximum atomic E-state index is 13.5. The summed E-state index contributed by atoms with van der Waals surface area (Å²) in [6, 6.07) is 14.2. The molecular weight excluding hydrogens is 421 g/mol. The van der Waals surface area contributed by atoms with Crippen LogP contribution in [-0.2, 0) is 26.6 Å². The number of benzene rings is 2. The van der Waals surface area contributed by atoms with Gasteiger partial charge in [-0.3, -0.25) is 13.9 Å². The second kappa shape index (κ2) is 8.03. The topological polar surface area (TPSA) is 65.1 Å². The van der Waals surface area contributed by atoms with Crippen LogP contribution in [-0.4, -0.2) is 25.2 Å². The third-order valence-corrected chi connectivity index (χ3v) is 6.35. The summed E-state index contributed by atoms with van der Waals surface area (Å²) in [5.74, 6) is 0.585. The van der Waals surface area contributed by atoms with Gasteiger partial charge in [-0.15, -0.1) is 0 Å². The van der Waals surface area contributed by atoms with E-state index in [-0.39, 0.29) is 23.8 Å². The summed E-state index contributed by atoms with van der Waals surface area (Å²) in [5.41, 5.74) is 2.90. The first-order chi connectivity index (χ1) is 15.9. The van der Waals surface area contributed by atoms with Crippen LogP contribution in [0.1, 0.15) is 25.0 Å². The van der Waals surface area contributed by atoms with Crippen LogP contribution in [0.5, 0.6) is 0 Å². The Morgan fingerprint density at radius 3 is 2.33 bits per heavy atom. The summed E-state index contributed by atoms with van der Waals surface area (Å²) in [4.78, 5) is 33.5. The molecule has 170 valence electrons. The predicted octanol–water partition coefficient (Wildman–Crippen LogP) is 3.43. The fourth-order valence-electron chi connectivity index (χ4n) is 4.55. The van der Waals surface area contributed by atoms with Crippen molar-refractivity contribution in [2.75, 3.05) is 11.4 Å². The molecule has 3 heterocycles. The molecule has 33 heavy (non-hydrogen) atoms. The smallest absolute Gasteiger partial charge is 0.312 e. The van der Waals surface area contributed by atoms with E-state index < -0.39 is 5.69 Å². The minimum atomic E-state index is -0.445. The van der Waals surface area contributed by atoms with Gasteiger partial charge in [-0.05, 0) is 47.7 Å². The van der Waals surface area contributed by atoms with Gasteiger partial charge in [0, 0.05) is 25.8 Å². The van der Waals surface area contributed by atoms with E-state index in [9.17, 15) is 14.0 Å². The Kier molecular flexibility index (Phi) is 5.15. The summed E-state index contributed by atoms with van der Waals surface area (Å²) in [6.07, 6.45) is 0.963. The molecule has 4 aromatic rings. The lowest BCUT2D eigenvalue weighted by Crippen LogP contribution is -2.40. The minimum absolute atomic E-state index is 0.0694. The molecule has 0 radical (unpaired) electrons. The van der Waals surface area contributed by atoms with Crippen LogP contribution >= 0.6 is 0 Å². The van der Waals surface area contributed by atoms with Crippen LogP contribution in [0.3, 0.4) is 0 Å². The average Bonchev–Trinajstić information content (AvgIpc) is 3.21. The van der Waals surface area contributed by atoms with Crippen molar-refractivity contribution in [1.29, 1.82) is 0 Å². The Balaban J connectivity index is 1.68. The van der Waals surface area contributed by atoms with Crippen molar-refractivity contribution >= 4 is 22.8 Å². The van der Waals surface area contributed by atoms with Crippen LogP contribution in [0.2, 0.25) is 0 Å². The first kappa shape index (κ1) is 21.2. The van der Waals surface area contributed by atoms with Crippen LogP contribution in [0, 0.1) is 11.7 Å². The highest BCUT2D eigenvalue weighted by molar-refractivity contribution is 5.77. The molecule has 2 aromatic carbocycles. The van der Waals surface area contributed by atoms with Crippen molar-refractivity contribution in [3.05, 3.63) is 86.3 Å². The molecule has 5 rings (SSSR count). The van der Waals surface area contributed by atoms with E-state index in [1.807, 2.05) is 4.57 Å². The molecule has 8 heteroatoms. The molecule has 0 saturated heterocycles. The summed E-state index contributed by atoms with van der Waals surface area (Å²) < 4.78 is 17.9. The number of hydrogen-bond acceptors (Lipinski definition) is 4. The van der Waals surface area contributed by atoms with Gasteiger partial charge in [0.25, 0.3) is 5.56 Å². The van der Waals surface area contributed by atoms with Crippen LogP contribution in [0.4, 0.5) is 16.0 Å². The number of fused-ring (bicyclic) bond motifs is 3. The highest BCUT2D eigenvalue weighted by atomic mass is 19.1. The Labute approximate surface area is 190 Å². The molecule has 0 bridgehead atoms. The van der Waals surface area contributed by atoms with E-state index in [2.05, 4.69) is 43.0 Å². The molecule has 0 unspecified atom stereocenters. The predicted molar refractivity (Wildman–Crippen MR) is 127 cm³/mol. The molecule has 1 aliphatic heterocycles. The Morgan fingerprint density at radius 1 is 1.00 bits per heavy atom. The SMILES string of the molecule is CCc1ccc(N2C[C@H](C)Cn3c2nc2c3c(=O)n(Cc3ccc(F)cc3)c(=O)n2C)cc1. The van der Waals surface area contributed by atoms with Crippen LogP contribution in [0.15, 0.2) is 58.1 Å². The largest absolute Gasteiger partial charge is 0.332 e. The van der Waals surface area contributed by atoms with Gasteiger partial charge in [0.05, 0.1) is 6.54 Å². The first-order valence-corrected chi connectivity index (χ1v) is 11.2. The van der Waals surface area contributed by atoms with Gasteiger partial charge in [-0.25, -0.2) is 9.18 Å². The number of aryl methyl sites for hydroxylation is 2. The average molecular weight is 448 g/mol. The van der Waals surface area contributed by atoms with Crippen molar-refractivity contribution in [3.63, 3.8) is 0 Å². The Bertz CT molecular complexity index is 1450. The number of imidazole rings is 1. The van der Waals surface area contributed by atoms with E-state index in [4.69, 9.17) is 4.98 Å². The molecule has 0 spiro atoms. The van der Waals surface area contributed by atoms with E-state index in [0.29, 0.717) is 29.2 Å². The van der Waals surface area contributed by atoms with E-state index in [1.54, 1.807) is 19.2 Å². The van der Waals surface area contributed by atoms with Crippen molar-refractivity contribution < 1.29 is 4.39 Å². The Morgan fingerprint density at radius 2 is 1.67 bits per heavy atom. The summed E-state index contributed by atoms with van der Waals surface area (Å²) in [7, 11) is 1.63. The number of rotatable bonds is 4. The maximum Gasteiger partial charge on any atom is 0.332 e. The van der Waals surface area contributed by atoms with Gasteiger partial charge in [-0.2, -0.15) is 4.98 Å². The normalized spacial score (nSPS) is 15.8.